The van der Waals surface area contributed by atoms with Gasteiger partial charge in [-0.15, -0.1) is 0 Å². The number of aromatic nitrogens is 1. The molecular formula is C16H23BrN2O. The standard InChI is InChI=1S/C16H23BrN2O/c1-10(2)12-7-6-11(3)9-14(12)19-16(20)15-13(17)5-4-8-18-15/h4-5,8,10-12,14H,6-7,9H2,1-3H3,(H,19,20). The van der Waals surface area contributed by atoms with Crippen LogP contribution in [0.5, 0.6) is 0 Å². The van der Waals surface area contributed by atoms with Crippen molar-refractivity contribution in [3.63, 3.8) is 0 Å². The normalized spacial score (nSPS) is 26.6. The highest BCUT2D eigenvalue weighted by Gasteiger charge is 2.32. The Balaban J connectivity index is 2.10. The second-order valence-corrected chi connectivity index (χ2v) is 7.09. The number of nitrogens with zero attached hydrogens (tertiary/aromatic N) is 1. The van der Waals surface area contributed by atoms with Gasteiger partial charge in [0.2, 0.25) is 0 Å². The number of halogens is 1. The Morgan fingerprint density at radius 3 is 2.85 bits per heavy atom. The molecule has 1 aromatic rings. The predicted molar refractivity (Wildman–Crippen MR) is 84.5 cm³/mol. The van der Waals surface area contributed by atoms with Gasteiger partial charge in [0.15, 0.2) is 0 Å². The van der Waals surface area contributed by atoms with Crippen LogP contribution in [0.15, 0.2) is 22.8 Å². The summed E-state index contributed by atoms with van der Waals surface area (Å²) in [6.45, 7) is 6.76. The molecule has 1 amide bonds. The van der Waals surface area contributed by atoms with E-state index in [1.165, 1.54) is 12.8 Å². The lowest BCUT2D eigenvalue weighted by Gasteiger charge is -2.37. The van der Waals surface area contributed by atoms with Crippen molar-refractivity contribution in [3.05, 3.63) is 28.5 Å². The first-order valence-corrected chi connectivity index (χ1v) is 8.19. The van der Waals surface area contributed by atoms with E-state index < -0.39 is 0 Å². The van der Waals surface area contributed by atoms with Crippen LogP contribution in [0.25, 0.3) is 0 Å². The van der Waals surface area contributed by atoms with E-state index in [-0.39, 0.29) is 11.9 Å². The third-order valence-corrected chi connectivity index (χ3v) is 4.95. The first kappa shape index (κ1) is 15.5. The number of pyridine rings is 1. The lowest BCUT2D eigenvalue weighted by atomic mass is 9.74. The molecule has 0 saturated heterocycles. The van der Waals surface area contributed by atoms with E-state index in [2.05, 4.69) is 47.0 Å². The Labute approximate surface area is 129 Å². The lowest BCUT2D eigenvalue weighted by molar-refractivity contribution is 0.0862. The molecule has 0 aliphatic heterocycles. The van der Waals surface area contributed by atoms with Gasteiger partial charge in [0.1, 0.15) is 5.69 Å². The first-order valence-electron chi connectivity index (χ1n) is 7.40. The zero-order valence-electron chi connectivity index (χ0n) is 12.4. The first-order chi connectivity index (χ1) is 9.49. The van der Waals surface area contributed by atoms with E-state index in [9.17, 15) is 4.79 Å². The Hall–Kier alpha value is -0.900. The van der Waals surface area contributed by atoms with Gasteiger partial charge in [-0.1, -0.05) is 27.2 Å². The van der Waals surface area contributed by atoms with Crippen LogP contribution >= 0.6 is 15.9 Å². The molecule has 1 fully saturated rings. The molecule has 1 saturated carbocycles. The van der Waals surface area contributed by atoms with Crippen LogP contribution < -0.4 is 5.32 Å². The molecule has 20 heavy (non-hydrogen) atoms. The van der Waals surface area contributed by atoms with Crippen molar-refractivity contribution < 1.29 is 4.79 Å². The second kappa shape index (κ2) is 6.70. The van der Waals surface area contributed by atoms with E-state index in [0.29, 0.717) is 23.4 Å². The fourth-order valence-corrected chi connectivity index (χ4v) is 3.59. The third-order valence-electron chi connectivity index (χ3n) is 4.31. The summed E-state index contributed by atoms with van der Waals surface area (Å²) in [6, 6.07) is 3.94. The zero-order valence-corrected chi connectivity index (χ0v) is 14.0. The van der Waals surface area contributed by atoms with Crippen LogP contribution in [0.3, 0.4) is 0 Å². The van der Waals surface area contributed by atoms with E-state index >= 15 is 0 Å². The summed E-state index contributed by atoms with van der Waals surface area (Å²) < 4.78 is 0.752. The Morgan fingerprint density at radius 1 is 1.45 bits per heavy atom. The quantitative estimate of drug-likeness (QED) is 0.903. The van der Waals surface area contributed by atoms with Gasteiger partial charge >= 0.3 is 0 Å². The van der Waals surface area contributed by atoms with Gasteiger partial charge in [0.25, 0.3) is 5.91 Å². The summed E-state index contributed by atoms with van der Waals surface area (Å²) in [5, 5.41) is 3.21. The lowest BCUT2D eigenvalue weighted by Crippen LogP contribution is -2.45. The maximum absolute atomic E-state index is 12.4. The number of nitrogens with one attached hydrogen (secondary N) is 1. The summed E-state index contributed by atoms with van der Waals surface area (Å²) >= 11 is 3.39. The molecule has 110 valence electrons. The second-order valence-electron chi connectivity index (χ2n) is 6.24. The number of hydrogen-bond acceptors (Lipinski definition) is 2. The van der Waals surface area contributed by atoms with Gasteiger partial charge in [-0.05, 0) is 58.7 Å². The molecule has 0 radical (unpaired) electrons. The number of amides is 1. The van der Waals surface area contributed by atoms with Crippen molar-refractivity contribution >= 4 is 21.8 Å². The topological polar surface area (TPSA) is 42.0 Å². The summed E-state index contributed by atoms with van der Waals surface area (Å²) in [5.41, 5.74) is 0.480. The van der Waals surface area contributed by atoms with Crippen LogP contribution in [-0.2, 0) is 0 Å². The van der Waals surface area contributed by atoms with E-state index in [1.807, 2.05) is 12.1 Å². The SMILES string of the molecule is CC1CCC(C(C)C)C(NC(=O)c2ncccc2Br)C1. The Kier molecular flexibility index (Phi) is 5.19. The van der Waals surface area contributed by atoms with Crippen molar-refractivity contribution in [2.24, 2.45) is 17.8 Å². The van der Waals surface area contributed by atoms with Gasteiger partial charge in [0, 0.05) is 16.7 Å². The van der Waals surface area contributed by atoms with Crippen LogP contribution in [0, 0.1) is 17.8 Å². The molecule has 0 spiro atoms. The number of carbonyl (C=O) groups is 1. The highest BCUT2D eigenvalue weighted by Crippen LogP contribution is 2.33. The van der Waals surface area contributed by atoms with Crippen molar-refractivity contribution in [3.8, 4) is 0 Å². The molecule has 1 aliphatic rings. The van der Waals surface area contributed by atoms with Gasteiger partial charge < -0.3 is 5.32 Å². The van der Waals surface area contributed by atoms with E-state index in [0.717, 1.165) is 10.9 Å². The fourth-order valence-electron chi connectivity index (χ4n) is 3.16. The van der Waals surface area contributed by atoms with Crippen molar-refractivity contribution in [2.45, 2.75) is 46.1 Å². The number of carbonyl (C=O) groups excluding carboxylic acids is 1. The van der Waals surface area contributed by atoms with Crippen LogP contribution in [0.1, 0.15) is 50.5 Å². The van der Waals surface area contributed by atoms with Gasteiger partial charge in [-0.25, -0.2) is 4.98 Å². The molecule has 1 aromatic heterocycles. The van der Waals surface area contributed by atoms with Gasteiger partial charge in [-0.2, -0.15) is 0 Å². The average Bonchev–Trinajstić information content (AvgIpc) is 2.38. The van der Waals surface area contributed by atoms with Crippen LogP contribution in [0.2, 0.25) is 0 Å². The summed E-state index contributed by atoms with van der Waals surface area (Å²) in [4.78, 5) is 16.6. The Morgan fingerprint density at radius 2 is 2.20 bits per heavy atom. The maximum atomic E-state index is 12.4. The van der Waals surface area contributed by atoms with Crippen LogP contribution in [0.4, 0.5) is 0 Å². The smallest absolute Gasteiger partial charge is 0.271 e. The molecule has 0 aromatic carbocycles. The van der Waals surface area contributed by atoms with Crippen molar-refractivity contribution in [1.29, 1.82) is 0 Å². The highest BCUT2D eigenvalue weighted by molar-refractivity contribution is 9.10. The van der Waals surface area contributed by atoms with E-state index in [4.69, 9.17) is 0 Å². The molecule has 3 unspecified atom stereocenters. The minimum Gasteiger partial charge on any atom is -0.348 e. The number of hydrogen-bond donors (Lipinski definition) is 1. The summed E-state index contributed by atoms with van der Waals surface area (Å²) in [5.74, 6) is 1.78. The van der Waals surface area contributed by atoms with Gasteiger partial charge in [-0.3, -0.25) is 4.79 Å². The monoisotopic (exact) mass is 338 g/mol. The summed E-state index contributed by atoms with van der Waals surface area (Å²) in [7, 11) is 0. The van der Waals surface area contributed by atoms with Crippen molar-refractivity contribution in [2.75, 3.05) is 0 Å². The minimum atomic E-state index is -0.0674. The third kappa shape index (κ3) is 3.60. The molecule has 1 N–H and O–H groups in total. The average molecular weight is 339 g/mol. The highest BCUT2D eigenvalue weighted by atomic mass is 79.9. The maximum Gasteiger partial charge on any atom is 0.271 e. The fraction of sp³-hybridized carbons (Fsp3) is 0.625. The zero-order chi connectivity index (χ0) is 14.7. The molecule has 3 atom stereocenters. The molecule has 1 aliphatic carbocycles. The minimum absolute atomic E-state index is 0.0674. The largest absolute Gasteiger partial charge is 0.348 e. The molecule has 4 heteroatoms. The molecular weight excluding hydrogens is 316 g/mol. The molecule has 3 nitrogen and oxygen atoms in total. The summed E-state index contributed by atoms with van der Waals surface area (Å²) in [6.07, 6.45) is 5.19. The predicted octanol–water partition coefficient (Wildman–Crippen LogP) is 4.03. The molecule has 1 heterocycles. The molecule has 2 rings (SSSR count). The van der Waals surface area contributed by atoms with Crippen LogP contribution in [-0.4, -0.2) is 16.9 Å². The van der Waals surface area contributed by atoms with E-state index in [1.54, 1.807) is 6.20 Å². The van der Waals surface area contributed by atoms with Gasteiger partial charge in [0.05, 0.1) is 0 Å². The molecule has 0 bridgehead atoms. The van der Waals surface area contributed by atoms with Crippen molar-refractivity contribution in [1.82, 2.24) is 10.3 Å². The number of rotatable bonds is 3. The Bertz CT molecular complexity index is 475.